The molecule has 4 heteroatoms. The van der Waals surface area contributed by atoms with Crippen LogP contribution < -0.4 is 0 Å². The lowest BCUT2D eigenvalue weighted by Gasteiger charge is -2.33. The Balaban J connectivity index is 2.75. The second kappa shape index (κ2) is 2.81. The molecule has 2 unspecified atom stereocenters. The van der Waals surface area contributed by atoms with Crippen LogP contribution in [-0.4, -0.2) is 12.2 Å². The van der Waals surface area contributed by atoms with Crippen LogP contribution in [-0.2, 0) is 13.6 Å². The molecule has 3 nitrogen and oxygen atoms in total. The highest BCUT2D eigenvalue weighted by Gasteiger charge is 2.48. The summed E-state index contributed by atoms with van der Waals surface area (Å²) in [6.07, 6.45) is -0.00952. The first-order valence-corrected chi connectivity index (χ1v) is 4.85. The van der Waals surface area contributed by atoms with Gasteiger partial charge in [-0.2, -0.15) is 0 Å². The molecule has 1 fully saturated rings. The Bertz CT molecular complexity index is 163. The summed E-state index contributed by atoms with van der Waals surface area (Å²) in [5, 5.41) is 0. The molecule has 64 valence electrons. The molecule has 1 saturated heterocycles. The van der Waals surface area contributed by atoms with E-state index in [4.69, 9.17) is 9.05 Å². The SMILES string of the molecule is CC1O[P+](=O)OC(C)C1(C)C. The smallest absolute Gasteiger partial charge is 0.115 e. The quantitative estimate of drug-likeness (QED) is 0.533. The summed E-state index contributed by atoms with van der Waals surface area (Å²) < 4.78 is 21.0. The third-order valence-corrected chi connectivity index (χ3v) is 3.56. The summed E-state index contributed by atoms with van der Waals surface area (Å²) >= 11 is 0. The van der Waals surface area contributed by atoms with Crippen molar-refractivity contribution in [2.24, 2.45) is 5.41 Å². The predicted octanol–water partition coefficient (Wildman–Crippen LogP) is 2.49. The van der Waals surface area contributed by atoms with Gasteiger partial charge in [0, 0.05) is 9.98 Å². The van der Waals surface area contributed by atoms with Crippen LogP contribution in [0.5, 0.6) is 0 Å². The monoisotopic (exact) mass is 177 g/mol. The summed E-state index contributed by atoms with van der Waals surface area (Å²) in [7, 11) is -1.88. The fourth-order valence-corrected chi connectivity index (χ4v) is 1.99. The van der Waals surface area contributed by atoms with Crippen LogP contribution in [0.3, 0.4) is 0 Å². The molecule has 0 saturated carbocycles. The Kier molecular flexibility index (Phi) is 2.33. The molecular weight excluding hydrogens is 163 g/mol. The molecule has 1 rings (SSSR count). The van der Waals surface area contributed by atoms with Crippen molar-refractivity contribution in [1.29, 1.82) is 0 Å². The second-order valence-corrected chi connectivity index (χ2v) is 4.41. The van der Waals surface area contributed by atoms with Crippen LogP contribution in [0.25, 0.3) is 0 Å². The zero-order chi connectivity index (χ0) is 8.65. The molecule has 0 amide bonds. The summed E-state index contributed by atoms with van der Waals surface area (Å²) in [5.74, 6) is 0. The summed E-state index contributed by atoms with van der Waals surface area (Å²) in [4.78, 5) is 0. The van der Waals surface area contributed by atoms with Gasteiger partial charge < -0.3 is 0 Å². The van der Waals surface area contributed by atoms with Crippen LogP contribution in [0.4, 0.5) is 0 Å². The molecule has 0 spiro atoms. The molecule has 0 aromatic rings. The fourth-order valence-electron chi connectivity index (χ4n) is 0.885. The van der Waals surface area contributed by atoms with E-state index in [2.05, 4.69) is 0 Å². The Hall–Kier alpha value is 0.0200. The minimum Gasteiger partial charge on any atom is -0.115 e. The van der Waals surface area contributed by atoms with Crippen molar-refractivity contribution in [2.75, 3.05) is 0 Å². The van der Waals surface area contributed by atoms with E-state index >= 15 is 0 Å². The first-order chi connectivity index (χ1) is 4.94. The van der Waals surface area contributed by atoms with Gasteiger partial charge in [-0.3, -0.25) is 0 Å². The van der Waals surface area contributed by atoms with Crippen LogP contribution in [0.15, 0.2) is 0 Å². The van der Waals surface area contributed by atoms with Crippen molar-refractivity contribution in [3.63, 3.8) is 0 Å². The van der Waals surface area contributed by atoms with Gasteiger partial charge in [0.05, 0.1) is 0 Å². The maximum absolute atomic E-state index is 10.9. The molecule has 0 radical (unpaired) electrons. The topological polar surface area (TPSA) is 35.5 Å². The fraction of sp³-hybridized carbons (Fsp3) is 1.00. The molecular formula is C7H14O3P+. The van der Waals surface area contributed by atoms with Crippen molar-refractivity contribution in [2.45, 2.75) is 39.9 Å². The van der Waals surface area contributed by atoms with Crippen molar-refractivity contribution in [1.82, 2.24) is 0 Å². The van der Waals surface area contributed by atoms with Gasteiger partial charge in [0.1, 0.15) is 12.2 Å². The minimum absolute atomic E-state index is 0.00476. The molecule has 1 aliphatic heterocycles. The number of hydrogen-bond donors (Lipinski definition) is 0. The zero-order valence-corrected chi connectivity index (χ0v) is 8.22. The average Bonchev–Trinajstić information content (AvgIpc) is 1.84. The second-order valence-electron chi connectivity index (χ2n) is 3.54. The number of rotatable bonds is 0. The largest absolute Gasteiger partial charge is 0.697 e. The van der Waals surface area contributed by atoms with Crippen LogP contribution in [0.1, 0.15) is 27.7 Å². The molecule has 0 aliphatic carbocycles. The molecule has 1 heterocycles. The molecule has 0 aromatic heterocycles. The normalized spacial score (nSPS) is 40.5. The van der Waals surface area contributed by atoms with Gasteiger partial charge in [-0.25, -0.2) is 0 Å². The maximum atomic E-state index is 10.9. The minimum atomic E-state index is -1.88. The van der Waals surface area contributed by atoms with Gasteiger partial charge in [-0.15, -0.1) is 9.05 Å². The molecule has 11 heavy (non-hydrogen) atoms. The first kappa shape index (κ1) is 9.11. The third-order valence-electron chi connectivity index (χ3n) is 2.58. The van der Waals surface area contributed by atoms with Crippen LogP contribution in [0.2, 0.25) is 0 Å². The van der Waals surface area contributed by atoms with Gasteiger partial charge in [-0.05, 0) is 13.8 Å². The van der Waals surface area contributed by atoms with Crippen molar-refractivity contribution in [3.8, 4) is 0 Å². The van der Waals surface area contributed by atoms with Crippen molar-refractivity contribution < 1.29 is 13.6 Å². The third kappa shape index (κ3) is 1.61. The van der Waals surface area contributed by atoms with Crippen LogP contribution in [0, 0.1) is 5.41 Å². The Morgan fingerprint density at radius 2 is 1.55 bits per heavy atom. The first-order valence-electron chi connectivity index (χ1n) is 3.75. The highest BCUT2D eigenvalue weighted by atomic mass is 31.1. The van der Waals surface area contributed by atoms with Gasteiger partial charge in [0.15, 0.2) is 0 Å². The maximum Gasteiger partial charge on any atom is 0.697 e. The lowest BCUT2D eigenvalue weighted by Crippen LogP contribution is -2.41. The predicted molar refractivity (Wildman–Crippen MR) is 42.5 cm³/mol. The Morgan fingerprint density at radius 3 is 1.91 bits per heavy atom. The van der Waals surface area contributed by atoms with E-state index in [1.165, 1.54) is 0 Å². The standard InChI is InChI=1S/C7H14O3P/c1-5-7(3,4)6(2)10-11(8)9-5/h5-6H,1-4H3/q+1. The van der Waals surface area contributed by atoms with E-state index in [1.54, 1.807) is 0 Å². The van der Waals surface area contributed by atoms with E-state index in [9.17, 15) is 4.57 Å². The average molecular weight is 177 g/mol. The van der Waals surface area contributed by atoms with E-state index in [0.29, 0.717) is 0 Å². The zero-order valence-electron chi connectivity index (χ0n) is 7.33. The highest BCUT2D eigenvalue weighted by molar-refractivity contribution is 7.33. The van der Waals surface area contributed by atoms with Gasteiger partial charge in [0.2, 0.25) is 0 Å². The number of hydrogen-bond acceptors (Lipinski definition) is 3. The van der Waals surface area contributed by atoms with Gasteiger partial charge >= 0.3 is 8.25 Å². The Labute approximate surface area is 68.0 Å². The molecule has 0 N–H and O–H groups in total. The Morgan fingerprint density at radius 1 is 1.18 bits per heavy atom. The van der Waals surface area contributed by atoms with E-state index in [1.807, 2.05) is 27.7 Å². The summed E-state index contributed by atoms with van der Waals surface area (Å²) in [6.45, 7) is 7.94. The molecule has 0 aromatic carbocycles. The molecule has 0 bridgehead atoms. The van der Waals surface area contributed by atoms with Crippen molar-refractivity contribution in [3.05, 3.63) is 0 Å². The molecule has 1 aliphatic rings. The summed E-state index contributed by atoms with van der Waals surface area (Å²) in [6, 6.07) is 0. The van der Waals surface area contributed by atoms with E-state index in [-0.39, 0.29) is 17.6 Å². The molecule has 2 atom stereocenters. The summed E-state index contributed by atoms with van der Waals surface area (Å²) in [5.41, 5.74) is -0.0523. The van der Waals surface area contributed by atoms with Gasteiger partial charge in [-0.1, -0.05) is 13.8 Å². The van der Waals surface area contributed by atoms with E-state index in [0.717, 1.165) is 0 Å². The van der Waals surface area contributed by atoms with Crippen molar-refractivity contribution >= 4 is 8.25 Å². The lowest BCUT2D eigenvalue weighted by atomic mass is 9.82. The van der Waals surface area contributed by atoms with Gasteiger partial charge in [0.25, 0.3) is 0 Å². The van der Waals surface area contributed by atoms with Crippen LogP contribution >= 0.6 is 8.25 Å². The lowest BCUT2D eigenvalue weighted by molar-refractivity contribution is -0.0517. The van der Waals surface area contributed by atoms with E-state index < -0.39 is 8.25 Å². The highest BCUT2D eigenvalue weighted by Crippen LogP contribution is 2.45.